The highest BCUT2D eigenvalue weighted by atomic mass is 16.1. The fourth-order valence-corrected chi connectivity index (χ4v) is 5.76. The molecule has 6 rings (SSSR count). The fourth-order valence-electron chi connectivity index (χ4n) is 5.76. The number of unbranched alkanes of at least 4 members (excludes halogenated alkanes) is 1. The summed E-state index contributed by atoms with van der Waals surface area (Å²) in [5.74, 6) is 0.126. The van der Waals surface area contributed by atoms with Gasteiger partial charge in [-0.2, -0.15) is 0 Å². The number of rotatable bonds is 9. The summed E-state index contributed by atoms with van der Waals surface area (Å²) in [5, 5.41) is 2.39. The van der Waals surface area contributed by atoms with Gasteiger partial charge in [-0.3, -0.25) is 19.5 Å². The van der Waals surface area contributed by atoms with Crippen molar-refractivity contribution in [2.24, 2.45) is 0 Å². The van der Waals surface area contributed by atoms with Crippen LogP contribution in [0.1, 0.15) is 35.2 Å². The third-order valence-electron chi connectivity index (χ3n) is 8.00. The molecule has 5 aromatic rings. The third kappa shape index (κ3) is 5.54. The zero-order valence-corrected chi connectivity index (χ0v) is 22.7. The van der Waals surface area contributed by atoms with Gasteiger partial charge in [0.25, 0.3) is 5.56 Å². The Labute approximate surface area is 234 Å². The smallest absolute Gasteiger partial charge is 0.259 e. The van der Waals surface area contributed by atoms with E-state index in [0.717, 1.165) is 67.4 Å². The SMILES string of the molecule is O=C(CCCCN1CCN(c2ccccc2)CC1)c1ccc2c3cnccc3c(=O)n(Cc3ccccc3)c2c1. The number of nitrogens with zero attached hydrogens (tertiary/aromatic N) is 4. The van der Waals surface area contributed by atoms with Crippen molar-refractivity contribution in [2.45, 2.75) is 25.8 Å². The van der Waals surface area contributed by atoms with Crippen molar-refractivity contribution in [3.05, 3.63) is 119 Å². The van der Waals surface area contributed by atoms with Crippen LogP contribution in [-0.4, -0.2) is 53.0 Å². The summed E-state index contributed by atoms with van der Waals surface area (Å²) >= 11 is 0. The number of para-hydroxylation sites is 1. The van der Waals surface area contributed by atoms with Crippen molar-refractivity contribution in [2.75, 3.05) is 37.6 Å². The molecule has 0 atom stereocenters. The molecule has 6 nitrogen and oxygen atoms in total. The quantitative estimate of drug-likeness (QED) is 0.138. The molecule has 1 aliphatic rings. The summed E-state index contributed by atoms with van der Waals surface area (Å²) < 4.78 is 1.79. The average Bonchev–Trinajstić information content (AvgIpc) is 3.02. The maximum absolute atomic E-state index is 13.5. The van der Waals surface area contributed by atoms with Crippen molar-refractivity contribution in [1.82, 2.24) is 14.5 Å². The summed E-state index contributed by atoms with van der Waals surface area (Å²) in [7, 11) is 0. The predicted molar refractivity (Wildman–Crippen MR) is 162 cm³/mol. The molecule has 3 aromatic carbocycles. The molecule has 202 valence electrons. The van der Waals surface area contributed by atoms with Crippen LogP contribution in [-0.2, 0) is 6.54 Å². The van der Waals surface area contributed by atoms with E-state index in [1.165, 1.54) is 5.69 Å². The number of fused-ring (bicyclic) bond motifs is 3. The number of aromatic nitrogens is 2. The molecular weight excluding hydrogens is 496 g/mol. The van der Waals surface area contributed by atoms with Crippen molar-refractivity contribution in [3.63, 3.8) is 0 Å². The number of ketones is 1. The molecule has 0 radical (unpaired) electrons. The number of anilines is 1. The molecule has 1 aliphatic heterocycles. The normalized spacial score (nSPS) is 14.2. The minimum absolute atomic E-state index is 0.0642. The van der Waals surface area contributed by atoms with Crippen molar-refractivity contribution in [1.29, 1.82) is 0 Å². The second-order valence-corrected chi connectivity index (χ2v) is 10.6. The van der Waals surface area contributed by atoms with E-state index in [2.05, 4.69) is 45.1 Å². The summed E-state index contributed by atoms with van der Waals surface area (Å²) in [6, 6.07) is 28.1. The van der Waals surface area contributed by atoms with E-state index in [0.29, 0.717) is 23.9 Å². The Morgan fingerprint density at radius 1 is 0.775 bits per heavy atom. The number of carbonyl (C=O) groups is 1. The standard InChI is InChI=1S/C34H34N4O2/c39-33(13-7-8-18-36-19-21-37(22-20-36)28-11-5-2-6-12-28)27-14-15-29-31-24-35-17-16-30(31)34(40)38(32(29)23-27)25-26-9-3-1-4-10-26/h1-6,9-12,14-17,23-24H,7-8,13,18-22,25H2. The Morgan fingerprint density at radius 2 is 1.52 bits per heavy atom. The second-order valence-electron chi connectivity index (χ2n) is 10.6. The van der Waals surface area contributed by atoms with Crippen LogP contribution in [0.15, 0.2) is 102 Å². The van der Waals surface area contributed by atoms with Crippen LogP contribution >= 0.6 is 0 Å². The number of carbonyl (C=O) groups excluding carboxylic acids is 1. The van der Waals surface area contributed by atoms with E-state index in [1.54, 1.807) is 23.0 Å². The largest absolute Gasteiger partial charge is 0.369 e. The summed E-state index contributed by atoms with van der Waals surface area (Å²) in [6.07, 6.45) is 5.76. The van der Waals surface area contributed by atoms with E-state index in [4.69, 9.17) is 0 Å². The monoisotopic (exact) mass is 530 g/mol. The first-order chi connectivity index (χ1) is 19.7. The molecule has 0 bridgehead atoms. The number of Topliss-reactive ketones (excluding diaryl/α,β-unsaturated/α-hetero) is 1. The summed E-state index contributed by atoms with van der Waals surface area (Å²) in [6.45, 7) is 5.64. The van der Waals surface area contributed by atoms with Gasteiger partial charge in [0.1, 0.15) is 0 Å². The van der Waals surface area contributed by atoms with Gasteiger partial charge in [0.05, 0.1) is 17.4 Å². The Balaban J connectivity index is 1.13. The van der Waals surface area contributed by atoms with Gasteiger partial charge >= 0.3 is 0 Å². The molecule has 0 N–H and O–H groups in total. The minimum Gasteiger partial charge on any atom is -0.369 e. The van der Waals surface area contributed by atoms with E-state index >= 15 is 0 Å². The van der Waals surface area contributed by atoms with Gasteiger partial charge in [-0.05, 0) is 49.2 Å². The molecule has 1 fully saturated rings. The van der Waals surface area contributed by atoms with Gasteiger partial charge in [-0.1, -0.05) is 60.7 Å². The van der Waals surface area contributed by atoms with Crippen LogP contribution in [0.25, 0.3) is 21.7 Å². The first-order valence-corrected chi connectivity index (χ1v) is 14.2. The number of benzene rings is 3. The Hall–Kier alpha value is -4.29. The zero-order valence-electron chi connectivity index (χ0n) is 22.7. The molecular formula is C34H34N4O2. The van der Waals surface area contributed by atoms with E-state index < -0.39 is 0 Å². The minimum atomic E-state index is -0.0642. The lowest BCUT2D eigenvalue weighted by atomic mass is 10.0. The van der Waals surface area contributed by atoms with Crippen LogP contribution in [0.4, 0.5) is 5.69 Å². The van der Waals surface area contributed by atoms with Crippen LogP contribution in [0.2, 0.25) is 0 Å². The molecule has 0 unspecified atom stereocenters. The first-order valence-electron chi connectivity index (χ1n) is 14.2. The Bertz CT molecular complexity index is 1670. The van der Waals surface area contributed by atoms with Gasteiger partial charge in [0, 0.05) is 67.0 Å². The van der Waals surface area contributed by atoms with Crippen molar-refractivity contribution < 1.29 is 4.79 Å². The van der Waals surface area contributed by atoms with Gasteiger partial charge in [-0.25, -0.2) is 0 Å². The number of hydrogen-bond acceptors (Lipinski definition) is 5. The lowest BCUT2D eigenvalue weighted by Gasteiger charge is -2.36. The average molecular weight is 531 g/mol. The van der Waals surface area contributed by atoms with Gasteiger partial charge < -0.3 is 9.47 Å². The number of hydrogen-bond donors (Lipinski definition) is 0. The highest BCUT2D eigenvalue weighted by molar-refractivity contribution is 6.08. The molecule has 40 heavy (non-hydrogen) atoms. The maximum Gasteiger partial charge on any atom is 0.259 e. The number of pyridine rings is 2. The molecule has 3 heterocycles. The lowest BCUT2D eigenvalue weighted by Crippen LogP contribution is -2.46. The maximum atomic E-state index is 13.5. The highest BCUT2D eigenvalue weighted by Crippen LogP contribution is 2.25. The molecule has 2 aromatic heterocycles. The van der Waals surface area contributed by atoms with E-state index in [1.807, 2.05) is 48.5 Å². The lowest BCUT2D eigenvalue weighted by molar-refractivity contribution is 0.0978. The van der Waals surface area contributed by atoms with Gasteiger partial charge in [0.2, 0.25) is 0 Å². The Kier molecular flexibility index (Phi) is 7.69. The zero-order chi connectivity index (χ0) is 27.3. The molecule has 6 heteroatoms. The predicted octanol–water partition coefficient (Wildman–Crippen LogP) is 5.77. The van der Waals surface area contributed by atoms with E-state index in [-0.39, 0.29) is 11.3 Å². The highest BCUT2D eigenvalue weighted by Gasteiger charge is 2.17. The topological polar surface area (TPSA) is 58.4 Å². The summed E-state index contributed by atoms with van der Waals surface area (Å²) in [4.78, 5) is 36.0. The van der Waals surface area contributed by atoms with Gasteiger partial charge in [0.15, 0.2) is 5.78 Å². The van der Waals surface area contributed by atoms with Crippen LogP contribution in [0.5, 0.6) is 0 Å². The van der Waals surface area contributed by atoms with Crippen LogP contribution in [0.3, 0.4) is 0 Å². The molecule has 1 saturated heterocycles. The Morgan fingerprint density at radius 3 is 2.30 bits per heavy atom. The fraction of sp³-hybridized carbons (Fsp3) is 0.265. The van der Waals surface area contributed by atoms with Crippen LogP contribution in [0, 0.1) is 0 Å². The summed E-state index contributed by atoms with van der Waals surface area (Å²) in [5.41, 5.74) is 3.71. The number of piperazine rings is 1. The van der Waals surface area contributed by atoms with E-state index in [9.17, 15) is 9.59 Å². The molecule has 0 amide bonds. The molecule has 0 spiro atoms. The van der Waals surface area contributed by atoms with Crippen LogP contribution < -0.4 is 10.5 Å². The second kappa shape index (κ2) is 11.8. The molecule has 0 aliphatic carbocycles. The molecule has 0 saturated carbocycles. The van der Waals surface area contributed by atoms with Gasteiger partial charge in [-0.15, -0.1) is 0 Å². The van der Waals surface area contributed by atoms with Crippen molar-refractivity contribution >= 4 is 33.1 Å². The first kappa shape index (κ1) is 26.0. The van der Waals surface area contributed by atoms with Crippen molar-refractivity contribution in [3.8, 4) is 0 Å². The third-order valence-corrected chi connectivity index (χ3v) is 8.00.